The minimum Gasteiger partial charge on any atom is -0.377 e. The van der Waals surface area contributed by atoms with E-state index in [1.54, 1.807) is 18.3 Å². The molecule has 0 atom stereocenters. The van der Waals surface area contributed by atoms with Crippen LogP contribution in [0.5, 0.6) is 0 Å². The first-order chi connectivity index (χ1) is 11.0. The molecule has 0 fully saturated rings. The number of hydrogen-bond acceptors (Lipinski definition) is 4. The molecule has 0 aliphatic carbocycles. The Morgan fingerprint density at radius 3 is 2.57 bits per heavy atom. The van der Waals surface area contributed by atoms with Crippen molar-refractivity contribution in [2.24, 2.45) is 0 Å². The Hall–Kier alpha value is -2.60. The number of nitrogens with zero attached hydrogens (tertiary/aromatic N) is 2. The second-order valence-corrected chi connectivity index (χ2v) is 7.36. The first-order valence-electron chi connectivity index (χ1n) is 7.20. The molecule has 6 heteroatoms. The third-order valence-corrected chi connectivity index (χ3v) is 5.48. The number of anilines is 2. The van der Waals surface area contributed by atoms with Gasteiger partial charge in [0.25, 0.3) is 10.0 Å². The molecule has 1 aliphatic rings. The van der Waals surface area contributed by atoms with Gasteiger partial charge in [0.1, 0.15) is 0 Å². The maximum atomic E-state index is 12.5. The van der Waals surface area contributed by atoms with E-state index in [9.17, 15) is 8.42 Å². The lowest BCUT2D eigenvalue weighted by atomic mass is 10.00. The molecule has 1 N–H and O–H groups in total. The van der Waals surface area contributed by atoms with E-state index in [0.29, 0.717) is 21.7 Å². The molecule has 0 radical (unpaired) electrons. The molecule has 2 heterocycles. The summed E-state index contributed by atoms with van der Waals surface area (Å²) >= 11 is 0. The topological polar surface area (TPSA) is 62.3 Å². The third kappa shape index (κ3) is 1.98. The molecule has 1 aromatic heterocycles. The molecule has 116 valence electrons. The minimum atomic E-state index is -3.58. The van der Waals surface area contributed by atoms with E-state index in [2.05, 4.69) is 9.71 Å². The van der Waals surface area contributed by atoms with Crippen molar-refractivity contribution in [1.82, 2.24) is 4.98 Å². The monoisotopic (exact) mass is 325 g/mol. The minimum absolute atomic E-state index is 0.301. The summed E-state index contributed by atoms with van der Waals surface area (Å²) in [5.74, 6) is 0. The standard InChI is InChI=1S/C17H15N3O2S/c1-20(2)14-9-10-18-16-13(14)8-7-12-11-5-3-4-6-15(11)23(21,22)19-17(12)16/h3-10,19H,1-2H3. The fraction of sp³-hybridized carbons (Fsp3) is 0.118. The lowest BCUT2D eigenvalue weighted by Gasteiger charge is -2.24. The first-order valence-corrected chi connectivity index (χ1v) is 8.68. The van der Waals surface area contributed by atoms with Crippen molar-refractivity contribution in [2.75, 3.05) is 23.7 Å². The Labute approximate surface area is 134 Å². The van der Waals surface area contributed by atoms with Crippen LogP contribution in [0.15, 0.2) is 53.6 Å². The molecular weight excluding hydrogens is 310 g/mol. The summed E-state index contributed by atoms with van der Waals surface area (Å²) in [7, 11) is 0.321. The summed E-state index contributed by atoms with van der Waals surface area (Å²) in [4.78, 5) is 6.71. The quantitative estimate of drug-likeness (QED) is 0.747. The lowest BCUT2D eigenvalue weighted by molar-refractivity contribution is 0.601. The first kappa shape index (κ1) is 14.0. The summed E-state index contributed by atoms with van der Waals surface area (Å²) in [6.07, 6.45) is 1.70. The Morgan fingerprint density at radius 1 is 1.00 bits per heavy atom. The highest BCUT2D eigenvalue weighted by Gasteiger charge is 2.28. The Kier molecular flexibility index (Phi) is 2.86. The molecule has 5 nitrogen and oxygen atoms in total. The number of sulfonamides is 1. The zero-order chi connectivity index (χ0) is 16.2. The number of aromatic nitrogens is 1. The Bertz CT molecular complexity index is 1040. The van der Waals surface area contributed by atoms with Gasteiger partial charge in [-0.1, -0.05) is 24.3 Å². The number of rotatable bonds is 1. The van der Waals surface area contributed by atoms with Gasteiger partial charge in [0.2, 0.25) is 0 Å². The van der Waals surface area contributed by atoms with Crippen molar-refractivity contribution in [3.8, 4) is 11.1 Å². The zero-order valence-corrected chi connectivity index (χ0v) is 13.6. The average Bonchev–Trinajstić information content (AvgIpc) is 2.54. The number of benzene rings is 2. The van der Waals surface area contributed by atoms with E-state index < -0.39 is 10.0 Å². The van der Waals surface area contributed by atoms with Gasteiger partial charge in [-0.15, -0.1) is 0 Å². The molecule has 0 bridgehead atoms. The van der Waals surface area contributed by atoms with Gasteiger partial charge in [0.05, 0.1) is 16.1 Å². The molecule has 0 saturated heterocycles. The van der Waals surface area contributed by atoms with Crippen LogP contribution >= 0.6 is 0 Å². The van der Waals surface area contributed by atoms with Gasteiger partial charge in [-0.3, -0.25) is 9.71 Å². The second-order valence-electron chi connectivity index (χ2n) is 5.71. The smallest absolute Gasteiger partial charge is 0.262 e. The maximum Gasteiger partial charge on any atom is 0.262 e. The number of hydrogen-bond donors (Lipinski definition) is 1. The fourth-order valence-electron chi connectivity index (χ4n) is 3.03. The SMILES string of the molecule is CN(C)c1ccnc2c3c(ccc12)-c1ccccc1S(=O)(=O)N3. The van der Waals surface area contributed by atoms with E-state index >= 15 is 0 Å². The number of nitrogens with one attached hydrogen (secondary N) is 1. The molecule has 0 saturated carbocycles. The van der Waals surface area contributed by atoms with Gasteiger partial charge in [-0.05, 0) is 18.2 Å². The van der Waals surface area contributed by atoms with Gasteiger partial charge in [0.15, 0.2) is 0 Å². The largest absolute Gasteiger partial charge is 0.377 e. The average molecular weight is 325 g/mol. The van der Waals surface area contributed by atoms with Gasteiger partial charge < -0.3 is 4.90 Å². The molecule has 23 heavy (non-hydrogen) atoms. The zero-order valence-electron chi connectivity index (χ0n) is 12.7. The van der Waals surface area contributed by atoms with Crippen LogP contribution in [-0.4, -0.2) is 27.5 Å². The van der Waals surface area contributed by atoms with Gasteiger partial charge in [-0.25, -0.2) is 8.42 Å². The highest BCUT2D eigenvalue weighted by atomic mass is 32.2. The van der Waals surface area contributed by atoms with Crippen LogP contribution in [0.2, 0.25) is 0 Å². The predicted molar refractivity (Wildman–Crippen MR) is 92.3 cm³/mol. The lowest BCUT2D eigenvalue weighted by Crippen LogP contribution is -2.19. The summed E-state index contributed by atoms with van der Waals surface area (Å²) in [5.41, 5.74) is 3.76. The van der Waals surface area contributed by atoms with E-state index in [1.807, 2.05) is 49.3 Å². The van der Waals surface area contributed by atoms with Crippen molar-refractivity contribution in [2.45, 2.75) is 4.90 Å². The molecule has 0 spiro atoms. The molecule has 4 rings (SSSR count). The van der Waals surface area contributed by atoms with Crippen molar-refractivity contribution >= 4 is 32.3 Å². The van der Waals surface area contributed by atoms with E-state index in [-0.39, 0.29) is 0 Å². The van der Waals surface area contributed by atoms with Crippen LogP contribution in [0.3, 0.4) is 0 Å². The van der Waals surface area contributed by atoms with Crippen LogP contribution in [0.1, 0.15) is 0 Å². The van der Waals surface area contributed by atoms with Crippen LogP contribution in [0, 0.1) is 0 Å². The van der Waals surface area contributed by atoms with E-state index in [4.69, 9.17) is 0 Å². The van der Waals surface area contributed by atoms with E-state index in [1.165, 1.54) is 0 Å². The van der Waals surface area contributed by atoms with Gasteiger partial charge in [0, 0.05) is 42.5 Å². The van der Waals surface area contributed by atoms with Gasteiger partial charge in [-0.2, -0.15) is 0 Å². The second kappa shape index (κ2) is 4.70. The summed E-state index contributed by atoms with van der Waals surface area (Å²) in [5, 5.41) is 0.915. The van der Waals surface area contributed by atoms with Crippen LogP contribution < -0.4 is 9.62 Å². The predicted octanol–water partition coefficient (Wildman–Crippen LogP) is 3.08. The van der Waals surface area contributed by atoms with Gasteiger partial charge >= 0.3 is 0 Å². The van der Waals surface area contributed by atoms with Crippen LogP contribution in [0.4, 0.5) is 11.4 Å². The fourth-order valence-corrected chi connectivity index (χ4v) is 4.35. The van der Waals surface area contributed by atoms with Crippen molar-refractivity contribution in [3.05, 3.63) is 48.7 Å². The van der Waals surface area contributed by atoms with Crippen molar-refractivity contribution in [3.63, 3.8) is 0 Å². The molecule has 2 aromatic carbocycles. The highest BCUT2D eigenvalue weighted by molar-refractivity contribution is 7.93. The summed E-state index contributed by atoms with van der Waals surface area (Å²) in [6.45, 7) is 0. The normalized spacial score (nSPS) is 14.7. The Morgan fingerprint density at radius 2 is 1.78 bits per heavy atom. The summed E-state index contributed by atoms with van der Waals surface area (Å²) in [6, 6.07) is 12.9. The molecule has 1 aliphatic heterocycles. The van der Waals surface area contributed by atoms with E-state index in [0.717, 1.165) is 16.6 Å². The van der Waals surface area contributed by atoms with Crippen LogP contribution in [-0.2, 0) is 10.0 Å². The molecule has 0 amide bonds. The maximum absolute atomic E-state index is 12.5. The number of fused-ring (bicyclic) bond motifs is 5. The van der Waals surface area contributed by atoms with Crippen molar-refractivity contribution in [1.29, 1.82) is 0 Å². The summed E-state index contributed by atoms with van der Waals surface area (Å²) < 4.78 is 27.8. The molecular formula is C17H15N3O2S. The van der Waals surface area contributed by atoms with Crippen LogP contribution in [0.25, 0.3) is 22.0 Å². The number of pyridine rings is 1. The Balaban J connectivity index is 2.12. The van der Waals surface area contributed by atoms with Crippen molar-refractivity contribution < 1.29 is 8.42 Å². The third-order valence-electron chi connectivity index (χ3n) is 4.07. The molecule has 0 unspecified atom stereocenters. The highest BCUT2D eigenvalue weighted by Crippen LogP contribution is 2.43. The molecule has 3 aromatic rings.